The van der Waals surface area contributed by atoms with Gasteiger partial charge in [-0.15, -0.1) is 0 Å². The standard InChI is InChI=1S/C23H23N7O5/c1-15-11-21(27-23(24-15)28-9-3-2-4-10-28)25-17-5-7-18(8-6-17)26-22(31)16-12-19(29(32)33)14-20(13-16)30(34)35/h5-8,11-14H,2-4,9-10H2,1H3,(H,26,31)(H,24,25,27). The summed E-state index contributed by atoms with van der Waals surface area (Å²) in [7, 11) is 0. The molecule has 0 radical (unpaired) electrons. The van der Waals surface area contributed by atoms with Crippen LogP contribution in [0.3, 0.4) is 0 Å². The normalized spacial score (nSPS) is 13.2. The van der Waals surface area contributed by atoms with Crippen molar-refractivity contribution < 1.29 is 14.6 Å². The third-order valence-electron chi connectivity index (χ3n) is 5.48. The van der Waals surface area contributed by atoms with Gasteiger partial charge in [0.25, 0.3) is 17.3 Å². The highest BCUT2D eigenvalue weighted by molar-refractivity contribution is 6.05. The van der Waals surface area contributed by atoms with Crippen LogP contribution in [0.1, 0.15) is 35.3 Å². The number of carbonyl (C=O) groups excluding carboxylic acids is 1. The molecule has 1 saturated heterocycles. The lowest BCUT2D eigenvalue weighted by Crippen LogP contribution is -2.31. The van der Waals surface area contributed by atoms with Gasteiger partial charge < -0.3 is 15.5 Å². The number of aromatic nitrogens is 2. The van der Waals surface area contributed by atoms with Crippen molar-refractivity contribution in [3.63, 3.8) is 0 Å². The molecule has 2 aromatic carbocycles. The van der Waals surface area contributed by atoms with E-state index in [-0.39, 0.29) is 5.56 Å². The van der Waals surface area contributed by atoms with E-state index in [1.165, 1.54) is 6.42 Å². The van der Waals surface area contributed by atoms with E-state index in [4.69, 9.17) is 0 Å². The van der Waals surface area contributed by atoms with Gasteiger partial charge in [0.05, 0.1) is 21.5 Å². The molecule has 1 aromatic heterocycles. The molecule has 12 nitrogen and oxygen atoms in total. The van der Waals surface area contributed by atoms with Crippen molar-refractivity contribution in [3.05, 3.63) is 80.0 Å². The maximum Gasteiger partial charge on any atom is 0.277 e. The zero-order chi connectivity index (χ0) is 24.9. The van der Waals surface area contributed by atoms with E-state index in [1.54, 1.807) is 24.3 Å². The SMILES string of the molecule is Cc1cc(Nc2ccc(NC(=O)c3cc([N+](=O)[O-])cc([N+](=O)[O-])c3)cc2)nc(N2CCCCC2)n1. The van der Waals surface area contributed by atoms with Crippen LogP contribution in [0.5, 0.6) is 0 Å². The lowest BCUT2D eigenvalue weighted by atomic mass is 10.1. The summed E-state index contributed by atoms with van der Waals surface area (Å²) in [6.45, 7) is 3.78. The number of anilines is 4. The van der Waals surface area contributed by atoms with E-state index in [9.17, 15) is 25.0 Å². The van der Waals surface area contributed by atoms with Crippen LogP contribution in [0.4, 0.5) is 34.5 Å². The Morgan fingerprint density at radius 2 is 1.49 bits per heavy atom. The molecule has 1 amide bonds. The fourth-order valence-electron chi connectivity index (χ4n) is 3.78. The summed E-state index contributed by atoms with van der Waals surface area (Å²) in [5.41, 5.74) is 0.744. The van der Waals surface area contributed by atoms with Crippen molar-refractivity contribution in [1.82, 2.24) is 9.97 Å². The highest BCUT2D eigenvalue weighted by Gasteiger charge is 2.20. The number of hydrogen-bond donors (Lipinski definition) is 2. The molecule has 180 valence electrons. The molecule has 0 atom stereocenters. The monoisotopic (exact) mass is 477 g/mol. The highest BCUT2D eigenvalue weighted by atomic mass is 16.6. The van der Waals surface area contributed by atoms with Crippen LogP contribution in [0.2, 0.25) is 0 Å². The van der Waals surface area contributed by atoms with E-state index >= 15 is 0 Å². The van der Waals surface area contributed by atoms with Crippen molar-refractivity contribution in [1.29, 1.82) is 0 Å². The summed E-state index contributed by atoms with van der Waals surface area (Å²) < 4.78 is 0. The van der Waals surface area contributed by atoms with Gasteiger partial charge in [-0.25, -0.2) is 4.98 Å². The van der Waals surface area contributed by atoms with Gasteiger partial charge >= 0.3 is 0 Å². The molecule has 35 heavy (non-hydrogen) atoms. The van der Waals surface area contributed by atoms with Gasteiger partial charge in [-0.05, 0) is 50.5 Å². The largest absolute Gasteiger partial charge is 0.341 e. The van der Waals surface area contributed by atoms with Crippen LogP contribution in [0.15, 0.2) is 48.5 Å². The molecular formula is C23H23N7O5. The van der Waals surface area contributed by atoms with Crippen LogP contribution in [-0.2, 0) is 0 Å². The van der Waals surface area contributed by atoms with E-state index in [0.717, 1.165) is 55.5 Å². The lowest BCUT2D eigenvalue weighted by Gasteiger charge is -2.27. The predicted octanol–water partition coefficient (Wildman–Crippen LogP) is 4.59. The number of nitrogens with one attached hydrogen (secondary N) is 2. The van der Waals surface area contributed by atoms with Crippen LogP contribution in [-0.4, -0.2) is 38.8 Å². The number of nitro groups is 2. The topological polar surface area (TPSA) is 156 Å². The Balaban J connectivity index is 1.46. The van der Waals surface area contributed by atoms with Gasteiger partial charge in [0.1, 0.15) is 5.82 Å². The van der Waals surface area contributed by atoms with Crippen molar-refractivity contribution in [3.8, 4) is 0 Å². The molecule has 0 saturated carbocycles. The summed E-state index contributed by atoms with van der Waals surface area (Å²) in [6.07, 6.45) is 3.46. The number of non-ortho nitro benzene ring substituents is 2. The summed E-state index contributed by atoms with van der Waals surface area (Å²) in [4.78, 5) is 44.5. The first-order valence-corrected chi connectivity index (χ1v) is 11.0. The van der Waals surface area contributed by atoms with E-state index in [1.807, 2.05) is 13.0 Å². The Bertz CT molecular complexity index is 1240. The molecule has 0 unspecified atom stereocenters. The number of benzene rings is 2. The third kappa shape index (κ3) is 5.85. The second-order valence-electron chi connectivity index (χ2n) is 8.15. The number of carbonyl (C=O) groups is 1. The highest BCUT2D eigenvalue weighted by Crippen LogP contribution is 2.25. The van der Waals surface area contributed by atoms with Gasteiger partial charge in [0.2, 0.25) is 5.95 Å². The second-order valence-corrected chi connectivity index (χ2v) is 8.15. The third-order valence-corrected chi connectivity index (χ3v) is 5.48. The average molecular weight is 477 g/mol. The van der Waals surface area contributed by atoms with E-state index < -0.39 is 27.1 Å². The number of amides is 1. The zero-order valence-electron chi connectivity index (χ0n) is 18.9. The van der Waals surface area contributed by atoms with Crippen molar-refractivity contribution in [2.75, 3.05) is 28.6 Å². The minimum Gasteiger partial charge on any atom is -0.341 e. The molecule has 3 aromatic rings. The number of piperidine rings is 1. The maximum atomic E-state index is 12.6. The first-order chi connectivity index (χ1) is 16.8. The minimum atomic E-state index is -0.782. The Kier molecular flexibility index (Phi) is 6.81. The lowest BCUT2D eigenvalue weighted by molar-refractivity contribution is -0.394. The predicted molar refractivity (Wildman–Crippen MR) is 130 cm³/mol. The summed E-state index contributed by atoms with van der Waals surface area (Å²) in [5, 5.41) is 28.0. The molecule has 12 heteroatoms. The van der Waals surface area contributed by atoms with Crippen LogP contribution < -0.4 is 15.5 Å². The second kappa shape index (κ2) is 10.1. The molecule has 1 aliphatic heterocycles. The molecule has 1 fully saturated rings. The molecule has 0 bridgehead atoms. The number of rotatable bonds is 7. The van der Waals surface area contributed by atoms with Crippen LogP contribution >= 0.6 is 0 Å². The molecule has 1 aliphatic rings. The Morgan fingerprint density at radius 1 is 0.886 bits per heavy atom. The smallest absolute Gasteiger partial charge is 0.277 e. The average Bonchev–Trinajstić information content (AvgIpc) is 2.85. The first-order valence-electron chi connectivity index (χ1n) is 11.0. The Hall–Kier alpha value is -4.61. The van der Waals surface area contributed by atoms with Gasteiger partial charge in [0, 0.05) is 48.4 Å². The van der Waals surface area contributed by atoms with E-state index in [2.05, 4.69) is 25.5 Å². The maximum absolute atomic E-state index is 12.6. The van der Waals surface area contributed by atoms with Crippen molar-refractivity contribution in [2.24, 2.45) is 0 Å². The van der Waals surface area contributed by atoms with Gasteiger partial charge in [-0.3, -0.25) is 25.0 Å². The number of aryl methyl sites for hydroxylation is 1. The fraction of sp³-hybridized carbons (Fsp3) is 0.261. The fourth-order valence-corrected chi connectivity index (χ4v) is 3.78. The van der Waals surface area contributed by atoms with Crippen molar-refractivity contribution in [2.45, 2.75) is 26.2 Å². The van der Waals surface area contributed by atoms with Gasteiger partial charge in [-0.2, -0.15) is 4.98 Å². The molecule has 2 N–H and O–H groups in total. The number of nitrogens with zero attached hydrogens (tertiary/aromatic N) is 5. The van der Waals surface area contributed by atoms with Crippen molar-refractivity contribution >= 4 is 40.4 Å². The number of hydrogen-bond acceptors (Lipinski definition) is 9. The van der Waals surface area contributed by atoms with Crippen LogP contribution in [0.25, 0.3) is 0 Å². The summed E-state index contributed by atoms with van der Waals surface area (Å²) >= 11 is 0. The summed E-state index contributed by atoms with van der Waals surface area (Å²) in [5.74, 6) is 0.649. The number of nitro benzene ring substituents is 2. The van der Waals surface area contributed by atoms with E-state index in [0.29, 0.717) is 17.5 Å². The molecule has 4 rings (SSSR count). The summed E-state index contributed by atoms with van der Waals surface area (Å²) in [6, 6.07) is 11.4. The molecule has 0 aliphatic carbocycles. The zero-order valence-corrected chi connectivity index (χ0v) is 18.9. The van der Waals surface area contributed by atoms with Gasteiger partial charge in [-0.1, -0.05) is 0 Å². The van der Waals surface area contributed by atoms with Gasteiger partial charge in [0.15, 0.2) is 0 Å². The minimum absolute atomic E-state index is 0.185. The molecule has 0 spiro atoms. The molecular weight excluding hydrogens is 454 g/mol. The first kappa shape index (κ1) is 23.5. The molecule has 2 heterocycles. The van der Waals surface area contributed by atoms with Crippen LogP contribution in [0, 0.1) is 27.2 Å². The quantitative estimate of drug-likeness (QED) is 0.367. The Labute approximate surface area is 200 Å². The Morgan fingerprint density at radius 3 is 2.09 bits per heavy atom.